The van der Waals surface area contributed by atoms with E-state index in [1.807, 2.05) is 13.1 Å². The van der Waals surface area contributed by atoms with E-state index >= 15 is 0 Å². The first-order valence-electron chi connectivity index (χ1n) is 3.06. The van der Waals surface area contributed by atoms with Crippen molar-refractivity contribution in [1.29, 1.82) is 0 Å². The number of carbonyl (C=O) groups excluding carboxylic acids is 1. The Morgan fingerprint density at radius 1 is 1.44 bits per heavy atom. The lowest BCUT2D eigenvalue weighted by molar-refractivity contribution is 0.432. The van der Waals surface area contributed by atoms with Gasteiger partial charge in [0.15, 0.2) is 0 Å². The van der Waals surface area contributed by atoms with Crippen molar-refractivity contribution in [2.45, 2.75) is 32.5 Å². The maximum absolute atomic E-state index is 9.81. The Morgan fingerprint density at radius 2 is 1.89 bits per heavy atom. The van der Waals surface area contributed by atoms with Gasteiger partial charge in [0.1, 0.15) is 0 Å². The molecule has 1 radical (unpaired) electrons. The van der Waals surface area contributed by atoms with Crippen LogP contribution in [0.15, 0.2) is 0 Å². The molecule has 0 aromatic carbocycles. The summed E-state index contributed by atoms with van der Waals surface area (Å²) in [6.07, 6.45) is 0. The highest BCUT2D eigenvalue weighted by Crippen LogP contribution is 2.19. The van der Waals surface area contributed by atoms with Crippen molar-refractivity contribution in [3.63, 3.8) is 0 Å². The van der Waals surface area contributed by atoms with Crippen LogP contribution in [0.4, 0.5) is 0 Å². The molecule has 9 heavy (non-hydrogen) atoms. The van der Waals surface area contributed by atoms with Crippen LogP contribution in [0.2, 0.25) is 18.6 Å². The molecule has 53 valence electrons. The van der Waals surface area contributed by atoms with Crippen molar-refractivity contribution in [1.82, 2.24) is 0 Å². The molecule has 0 saturated heterocycles. The lowest BCUT2D eigenvalue weighted by atomic mass is 10.6. The van der Waals surface area contributed by atoms with Gasteiger partial charge in [0.2, 0.25) is 0 Å². The monoisotopic (exact) mass is 145 g/mol. The highest BCUT2D eigenvalue weighted by molar-refractivity contribution is 6.73. The van der Waals surface area contributed by atoms with Crippen molar-refractivity contribution < 1.29 is 9.22 Å². The molecule has 0 aliphatic carbocycles. The van der Waals surface area contributed by atoms with Gasteiger partial charge in [0.05, 0.1) is 0 Å². The molecule has 0 aromatic heterocycles. The minimum atomic E-state index is -1.70. The van der Waals surface area contributed by atoms with E-state index in [0.717, 1.165) is 0 Å². The molecule has 0 spiro atoms. The van der Waals surface area contributed by atoms with Gasteiger partial charge < -0.3 is 4.43 Å². The summed E-state index contributed by atoms with van der Waals surface area (Å²) in [5.41, 5.74) is 0.471. The molecule has 2 nitrogen and oxygen atoms in total. The lowest BCUT2D eigenvalue weighted by Crippen LogP contribution is -2.33. The van der Waals surface area contributed by atoms with Gasteiger partial charge in [-0.1, -0.05) is 13.8 Å². The summed E-state index contributed by atoms with van der Waals surface area (Å²) in [5, 5.41) is 0. The maximum atomic E-state index is 9.81. The zero-order chi connectivity index (χ0) is 7.49. The van der Waals surface area contributed by atoms with E-state index in [1.54, 1.807) is 0 Å². The van der Waals surface area contributed by atoms with Gasteiger partial charge in [-0.3, -0.25) is 0 Å². The second-order valence-corrected chi connectivity index (χ2v) is 7.51. The van der Waals surface area contributed by atoms with Crippen LogP contribution in [0.5, 0.6) is 0 Å². The van der Waals surface area contributed by atoms with Gasteiger partial charge in [0, 0.05) is 0 Å². The van der Waals surface area contributed by atoms with E-state index in [2.05, 4.69) is 13.8 Å². The molecule has 0 aromatic rings. The first kappa shape index (κ1) is 8.69. The van der Waals surface area contributed by atoms with Gasteiger partial charge in [-0.15, -0.1) is 0 Å². The standard InChI is InChI=1S/C6H13O2Si/c1-6(2)9(3,4)8-5-7/h6H,1-4H3. The highest BCUT2D eigenvalue weighted by Gasteiger charge is 2.28. The second kappa shape index (κ2) is 3.01. The van der Waals surface area contributed by atoms with Crippen LogP contribution < -0.4 is 0 Å². The molecule has 0 aliphatic heterocycles. The third-order valence-corrected chi connectivity index (χ3v) is 5.09. The van der Waals surface area contributed by atoms with E-state index in [0.29, 0.717) is 5.54 Å². The molecule has 0 N–H and O–H groups in total. The van der Waals surface area contributed by atoms with Crippen LogP contribution in [0.1, 0.15) is 13.8 Å². The molecule has 0 saturated carbocycles. The van der Waals surface area contributed by atoms with Gasteiger partial charge in [-0.05, 0) is 18.6 Å². The molecular weight excluding hydrogens is 132 g/mol. The Morgan fingerprint density at radius 3 is 2.00 bits per heavy atom. The molecule has 0 heterocycles. The number of hydrogen-bond acceptors (Lipinski definition) is 2. The predicted molar refractivity (Wildman–Crippen MR) is 39.4 cm³/mol. The topological polar surface area (TPSA) is 26.3 Å². The van der Waals surface area contributed by atoms with Crippen LogP contribution in [0.25, 0.3) is 0 Å². The van der Waals surface area contributed by atoms with Crippen molar-refractivity contribution in [3.8, 4) is 0 Å². The Balaban J connectivity index is 3.84. The Labute approximate surface area is 57.3 Å². The summed E-state index contributed by atoms with van der Waals surface area (Å²) in [7, 11) is -1.70. The summed E-state index contributed by atoms with van der Waals surface area (Å²) in [6.45, 7) is 9.62. The molecule has 0 fully saturated rings. The molecule has 3 heteroatoms. The van der Waals surface area contributed by atoms with E-state index in [1.165, 1.54) is 6.47 Å². The normalized spacial score (nSPS) is 11.7. The van der Waals surface area contributed by atoms with Crippen LogP contribution in [-0.4, -0.2) is 14.8 Å². The SMILES string of the molecule is CC(C)[Si](C)(C)O[C]=O. The molecule has 0 rings (SSSR count). The molecule has 0 aliphatic rings. The number of hydrogen-bond donors (Lipinski definition) is 0. The molecule has 0 unspecified atom stereocenters. The second-order valence-electron chi connectivity index (χ2n) is 2.94. The van der Waals surface area contributed by atoms with Crippen molar-refractivity contribution in [2.24, 2.45) is 0 Å². The fraction of sp³-hybridized carbons (Fsp3) is 0.833. The van der Waals surface area contributed by atoms with Crippen LogP contribution in [0, 0.1) is 0 Å². The highest BCUT2D eigenvalue weighted by atomic mass is 28.4. The first-order chi connectivity index (χ1) is 4.00. The van der Waals surface area contributed by atoms with Gasteiger partial charge in [-0.25, -0.2) is 4.79 Å². The van der Waals surface area contributed by atoms with Crippen LogP contribution in [-0.2, 0) is 9.22 Å². The largest absolute Gasteiger partial charge is 0.511 e. The Bertz CT molecular complexity index is 99.2. The van der Waals surface area contributed by atoms with E-state index < -0.39 is 8.32 Å². The molecule has 0 bridgehead atoms. The minimum absolute atomic E-state index is 0.471. The fourth-order valence-electron chi connectivity index (χ4n) is 0.225. The van der Waals surface area contributed by atoms with E-state index in [4.69, 9.17) is 4.43 Å². The third-order valence-electron chi connectivity index (χ3n) is 1.70. The Hall–Kier alpha value is -0.313. The average Bonchev–Trinajstić information content (AvgIpc) is 1.65. The molecule has 0 atom stereocenters. The van der Waals surface area contributed by atoms with Crippen LogP contribution >= 0.6 is 0 Å². The van der Waals surface area contributed by atoms with Gasteiger partial charge in [0.25, 0.3) is 8.32 Å². The summed E-state index contributed by atoms with van der Waals surface area (Å²) < 4.78 is 4.82. The maximum Gasteiger partial charge on any atom is 0.402 e. The quantitative estimate of drug-likeness (QED) is 0.565. The predicted octanol–water partition coefficient (Wildman–Crippen LogP) is 1.69. The summed E-state index contributed by atoms with van der Waals surface area (Å²) >= 11 is 0. The Kier molecular flexibility index (Phi) is 2.90. The number of rotatable bonds is 3. The summed E-state index contributed by atoms with van der Waals surface area (Å²) in [6, 6.07) is 0. The van der Waals surface area contributed by atoms with Gasteiger partial charge in [-0.2, -0.15) is 0 Å². The van der Waals surface area contributed by atoms with Crippen LogP contribution in [0.3, 0.4) is 0 Å². The average molecular weight is 145 g/mol. The minimum Gasteiger partial charge on any atom is -0.511 e. The fourth-order valence-corrected chi connectivity index (χ4v) is 0.676. The van der Waals surface area contributed by atoms with Crippen molar-refractivity contribution in [3.05, 3.63) is 0 Å². The summed E-state index contributed by atoms with van der Waals surface area (Å²) in [4.78, 5) is 9.81. The zero-order valence-electron chi connectivity index (χ0n) is 6.39. The van der Waals surface area contributed by atoms with Crippen molar-refractivity contribution in [2.75, 3.05) is 0 Å². The van der Waals surface area contributed by atoms with Crippen molar-refractivity contribution >= 4 is 14.8 Å². The van der Waals surface area contributed by atoms with Gasteiger partial charge >= 0.3 is 6.47 Å². The third kappa shape index (κ3) is 2.65. The lowest BCUT2D eigenvalue weighted by Gasteiger charge is -2.22. The first-order valence-corrected chi connectivity index (χ1v) is 6.04. The smallest absolute Gasteiger partial charge is 0.402 e. The summed E-state index contributed by atoms with van der Waals surface area (Å²) in [5.74, 6) is 0. The molecular formula is C6H13O2Si. The van der Waals surface area contributed by atoms with E-state index in [-0.39, 0.29) is 0 Å². The van der Waals surface area contributed by atoms with E-state index in [9.17, 15) is 4.79 Å². The zero-order valence-corrected chi connectivity index (χ0v) is 7.39. The molecule has 0 amide bonds.